The van der Waals surface area contributed by atoms with E-state index in [0.717, 1.165) is 53.0 Å². The highest BCUT2D eigenvalue weighted by Crippen LogP contribution is 2.36. The third-order valence-corrected chi connectivity index (χ3v) is 6.41. The van der Waals surface area contributed by atoms with Crippen molar-refractivity contribution in [3.05, 3.63) is 28.8 Å². The first kappa shape index (κ1) is 20.6. The highest BCUT2D eigenvalue weighted by atomic mass is 16.5. The van der Waals surface area contributed by atoms with E-state index in [0.29, 0.717) is 0 Å². The standard InChI is InChI=1S/C22H32N2O4/c1-14-10-11-15(2)19(16(14)3)28-13-18(25)12-24-20(26)22(4,23-21(24)27)17-8-6-5-7-9-17/h10-11,17-18,25H,5-9,12-13H2,1-4H3,(H,23,27)/t18-,22+/m0/s1. The predicted octanol–water partition coefficient (Wildman–Crippen LogP) is 3.24. The first-order chi connectivity index (χ1) is 13.2. The summed E-state index contributed by atoms with van der Waals surface area (Å²) in [7, 11) is 0. The van der Waals surface area contributed by atoms with E-state index >= 15 is 0 Å². The van der Waals surface area contributed by atoms with Crippen LogP contribution in [-0.4, -0.2) is 46.7 Å². The molecule has 2 atom stereocenters. The van der Waals surface area contributed by atoms with Crippen molar-refractivity contribution in [1.82, 2.24) is 10.2 Å². The SMILES string of the molecule is Cc1ccc(C)c(OC[C@@H](O)CN2C(=O)N[C@](C)(C3CCCCC3)C2=O)c1C. The summed E-state index contributed by atoms with van der Waals surface area (Å²) in [6, 6.07) is 3.60. The second-order valence-corrected chi connectivity index (χ2v) is 8.50. The van der Waals surface area contributed by atoms with E-state index in [9.17, 15) is 14.7 Å². The number of aliphatic hydroxyl groups excluding tert-OH is 1. The van der Waals surface area contributed by atoms with Crippen LogP contribution in [-0.2, 0) is 4.79 Å². The number of rotatable bonds is 6. The van der Waals surface area contributed by atoms with E-state index in [-0.39, 0.29) is 25.0 Å². The van der Waals surface area contributed by atoms with Crippen LogP contribution in [0, 0.1) is 26.7 Å². The summed E-state index contributed by atoms with van der Waals surface area (Å²) >= 11 is 0. The molecule has 1 heterocycles. The minimum atomic E-state index is -0.942. The zero-order chi connectivity index (χ0) is 20.5. The number of β-amino-alcohol motifs (C(OH)–C–C–N with tert-alkyl or cyclic N) is 1. The lowest BCUT2D eigenvalue weighted by molar-refractivity contribution is -0.134. The number of carbonyl (C=O) groups excluding carboxylic acids is 2. The van der Waals surface area contributed by atoms with E-state index < -0.39 is 17.7 Å². The number of nitrogens with one attached hydrogen (secondary N) is 1. The maximum atomic E-state index is 13.0. The molecule has 1 aliphatic carbocycles. The van der Waals surface area contributed by atoms with Crippen LogP contribution >= 0.6 is 0 Å². The maximum absolute atomic E-state index is 13.0. The first-order valence-corrected chi connectivity index (χ1v) is 10.3. The molecule has 1 aromatic carbocycles. The summed E-state index contributed by atoms with van der Waals surface area (Å²) in [5.41, 5.74) is 2.29. The smallest absolute Gasteiger partial charge is 0.325 e. The molecule has 0 unspecified atom stereocenters. The van der Waals surface area contributed by atoms with Crippen molar-refractivity contribution in [1.29, 1.82) is 0 Å². The molecule has 28 heavy (non-hydrogen) atoms. The molecule has 3 amide bonds. The number of carbonyl (C=O) groups is 2. The van der Waals surface area contributed by atoms with Gasteiger partial charge in [0.05, 0.1) is 6.54 Å². The van der Waals surface area contributed by atoms with Gasteiger partial charge in [0.1, 0.15) is 24.0 Å². The molecule has 1 aromatic rings. The molecule has 1 saturated heterocycles. The number of aryl methyl sites for hydroxylation is 2. The Morgan fingerprint density at radius 1 is 1.18 bits per heavy atom. The third-order valence-electron chi connectivity index (χ3n) is 6.41. The van der Waals surface area contributed by atoms with Crippen LogP contribution < -0.4 is 10.1 Å². The van der Waals surface area contributed by atoms with Gasteiger partial charge in [0.2, 0.25) is 0 Å². The normalized spacial score (nSPS) is 24.4. The summed E-state index contributed by atoms with van der Waals surface area (Å²) in [5, 5.41) is 13.3. The van der Waals surface area contributed by atoms with Crippen molar-refractivity contribution >= 4 is 11.9 Å². The zero-order valence-electron chi connectivity index (χ0n) is 17.4. The second-order valence-electron chi connectivity index (χ2n) is 8.50. The Kier molecular flexibility index (Phi) is 5.98. The fourth-order valence-corrected chi connectivity index (χ4v) is 4.43. The summed E-state index contributed by atoms with van der Waals surface area (Å²) in [4.78, 5) is 26.6. The maximum Gasteiger partial charge on any atom is 0.325 e. The Morgan fingerprint density at radius 3 is 2.50 bits per heavy atom. The summed E-state index contributed by atoms with van der Waals surface area (Å²) < 4.78 is 5.84. The Balaban J connectivity index is 1.62. The largest absolute Gasteiger partial charge is 0.490 e. The fraction of sp³-hybridized carbons (Fsp3) is 0.636. The first-order valence-electron chi connectivity index (χ1n) is 10.3. The molecule has 0 bridgehead atoms. The van der Waals surface area contributed by atoms with Gasteiger partial charge >= 0.3 is 6.03 Å². The number of ether oxygens (including phenoxy) is 1. The molecule has 154 valence electrons. The van der Waals surface area contributed by atoms with Gasteiger partial charge in [-0.15, -0.1) is 0 Å². The average Bonchev–Trinajstić information content (AvgIpc) is 2.89. The topological polar surface area (TPSA) is 78.9 Å². The number of nitrogens with zero attached hydrogens (tertiary/aromatic N) is 1. The summed E-state index contributed by atoms with van der Waals surface area (Å²) in [6.45, 7) is 7.75. The number of urea groups is 1. The van der Waals surface area contributed by atoms with Gasteiger partial charge in [0.25, 0.3) is 5.91 Å². The minimum absolute atomic E-state index is 0.0301. The van der Waals surface area contributed by atoms with E-state index in [1.54, 1.807) is 0 Å². The van der Waals surface area contributed by atoms with Gasteiger partial charge < -0.3 is 15.2 Å². The van der Waals surface area contributed by atoms with E-state index in [2.05, 4.69) is 5.32 Å². The molecule has 0 spiro atoms. The molecule has 1 aliphatic heterocycles. The van der Waals surface area contributed by atoms with Crippen molar-refractivity contribution in [2.24, 2.45) is 5.92 Å². The van der Waals surface area contributed by atoms with Gasteiger partial charge in [0, 0.05) is 0 Å². The molecule has 2 aliphatic rings. The number of amides is 3. The Labute approximate surface area is 167 Å². The van der Waals surface area contributed by atoms with Crippen molar-refractivity contribution in [2.75, 3.05) is 13.2 Å². The number of hydrogen-bond donors (Lipinski definition) is 2. The Morgan fingerprint density at radius 2 is 1.82 bits per heavy atom. The summed E-state index contributed by atoms with van der Waals surface area (Å²) in [5.74, 6) is 0.684. The minimum Gasteiger partial charge on any atom is -0.490 e. The number of aliphatic hydroxyl groups is 1. The lowest BCUT2D eigenvalue weighted by Gasteiger charge is -2.34. The molecule has 2 fully saturated rings. The molecule has 6 nitrogen and oxygen atoms in total. The number of imide groups is 1. The third kappa shape index (κ3) is 3.88. The van der Waals surface area contributed by atoms with Gasteiger partial charge in [-0.3, -0.25) is 9.69 Å². The molecule has 0 radical (unpaired) electrons. The van der Waals surface area contributed by atoms with Crippen LogP contribution in [0.5, 0.6) is 5.75 Å². The van der Waals surface area contributed by atoms with Crippen LogP contribution in [0.2, 0.25) is 0 Å². The van der Waals surface area contributed by atoms with Gasteiger partial charge in [-0.25, -0.2) is 4.79 Å². The van der Waals surface area contributed by atoms with Crippen molar-refractivity contribution < 1.29 is 19.4 Å². The number of hydrogen-bond acceptors (Lipinski definition) is 4. The highest BCUT2D eigenvalue weighted by molar-refractivity contribution is 6.07. The second kappa shape index (κ2) is 8.11. The molecular weight excluding hydrogens is 356 g/mol. The van der Waals surface area contributed by atoms with Crippen LogP contribution in [0.15, 0.2) is 12.1 Å². The predicted molar refractivity (Wildman–Crippen MR) is 107 cm³/mol. The monoisotopic (exact) mass is 388 g/mol. The molecule has 3 rings (SSSR count). The van der Waals surface area contributed by atoms with Crippen molar-refractivity contribution in [2.45, 2.75) is 71.4 Å². The quantitative estimate of drug-likeness (QED) is 0.734. The van der Waals surface area contributed by atoms with Crippen LogP contribution in [0.3, 0.4) is 0 Å². The molecular formula is C22H32N2O4. The zero-order valence-corrected chi connectivity index (χ0v) is 17.4. The van der Waals surface area contributed by atoms with Gasteiger partial charge in [-0.1, -0.05) is 31.4 Å². The fourth-order valence-electron chi connectivity index (χ4n) is 4.43. The highest BCUT2D eigenvalue weighted by Gasteiger charge is 2.52. The van der Waals surface area contributed by atoms with Crippen LogP contribution in [0.4, 0.5) is 4.79 Å². The van der Waals surface area contributed by atoms with E-state index in [1.807, 2.05) is 39.8 Å². The van der Waals surface area contributed by atoms with Gasteiger partial charge in [-0.2, -0.15) is 0 Å². The summed E-state index contributed by atoms with van der Waals surface area (Å²) in [6.07, 6.45) is 4.33. The van der Waals surface area contributed by atoms with E-state index in [4.69, 9.17) is 4.74 Å². The lowest BCUT2D eigenvalue weighted by atomic mass is 9.75. The number of benzene rings is 1. The van der Waals surface area contributed by atoms with Crippen molar-refractivity contribution in [3.63, 3.8) is 0 Å². The molecule has 2 N–H and O–H groups in total. The van der Waals surface area contributed by atoms with Crippen LogP contribution in [0.25, 0.3) is 0 Å². The van der Waals surface area contributed by atoms with E-state index in [1.165, 1.54) is 6.42 Å². The van der Waals surface area contributed by atoms with Gasteiger partial charge in [0.15, 0.2) is 0 Å². The van der Waals surface area contributed by atoms with Crippen molar-refractivity contribution in [3.8, 4) is 5.75 Å². The van der Waals surface area contributed by atoms with Crippen LogP contribution in [0.1, 0.15) is 55.7 Å². The molecule has 0 aromatic heterocycles. The average molecular weight is 389 g/mol. The lowest BCUT2D eigenvalue weighted by Crippen LogP contribution is -2.51. The Hall–Kier alpha value is -2.08. The molecule has 6 heteroatoms. The molecule has 1 saturated carbocycles. The van der Waals surface area contributed by atoms with Gasteiger partial charge in [-0.05, 0) is 63.1 Å². The Bertz CT molecular complexity index is 757.